The molecule has 2 rings (SSSR count). The lowest BCUT2D eigenvalue weighted by atomic mass is 9.94. The van der Waals surface area contributed by atoms with E-state index in [1.807, 2.05) is 18.2 Å². The predicted molar refractivity (Wildman–Crippen MR) is 104 cm³/mol. The molecule has 6 nitrogen and oxygen atoms in total. The number of rotatable bonds is 8. The highest BCUT2D eigenvalue weighted by Gasteiger charge is 2.19. The number of amides is 1. The first kappa shape index (κ1) is 20.9. The number of carbonyl (C=O) groups excluding carboxylic acids is 1. The van der Waals surface area contributed by atoms with Crippen molar-refractivity contribution in [3.05, 3.63) is 35.4 Å². The summed E-state index contributed by atoms with van der Waals surface area (Å²) in [7, 11) is 0.226. The molecule has 26 heavy (non-hydrogen) atoms. The Kier molecular flexibility index (Phi) is 7.61. The second-order valence-corrected chi connectivity index (χ2v) is 9.36. The van der Waals surface area contributed by atoms with Crippen LogP contribution in [0.2, 0.25) is 0 Å². The largest absolute Gasteiger partial charge is 0.351 e. The van der Waals surface area contributed by atoms with Gasteiger partial charge in [-0.05, 0) is 31.0 Å². The Labute approximate surface area is 157 Å². The van der Waals surface area contributed by atoms with Crippen molar-refractivity contribution in [3.63, 3.8) is 0 Å². The fourth-order valence-corrected chi connectivity index (χ4v) is 3.72. The Morgan fingerprint density at radius 1 is 1.12 bits per heavy atom. The van der Waals surface area contributed by atoms with Crippen molar-refractivity contribution in [1.82, 2.24) is 14.5 Å². The summed E-state index contributed by atoms with van der Waals surface area (Å²) in [6.07, 6.45) is 7.56. The number of nitrogens with one attached hydrogen (secondary N) is 1. The number of hydrogen-bond acceptors (Lipinski definition) is 4. The molecule has 0 aliphatic heterocycles. The van der Waals surface area contributed by atoms with Crippen molar-refractivity contribution in [2.75, 3.05) is 26.9 Å². The summed E-state index contributed by atoms with van der Waals surface area (Å²) in [5.74, 6) is -0.298. The average Bonchev–Trinajstić information content (AvgIpc) is 2.61. The van der Waals surface area contributed by atoms with Crippen molar-refractivity contribution < 1.29 is 13.2 Å². The molecule has 0 atom stereocenters. The Balaban J connectivity index is 1.92. The van der Waals surface area contributed by atoms with Gasteiger partial charge in [-0.25, -0.2) is 8.42 Å². The standard InChI is InChI=1S/C19H31N3O3S/c1-21(18-11-5-4-6-12-18)14-17-10-8-7-9-16(17)13-20-19(23)15-22(2)26(3,24)25/h7-10,18H,4-6,11-15H2,1-3H3,(H,20,23). The van der Waals surface area contributed by atoms with Crippen LogP contribution >= 0.6 is 0 Å². The summed E-state index contributed by atoms with van der Waals surface area (Å²) in [5.41, 5.74) is 2.28. The van der Waals surface area contributed by atoms with Gasteiger partial charge in [0.15, 0.2) is 0 Å². The van der Waals surface area contributed by atoms with Crippen LogP contribution in [0.1, 0.15) is 43.2 Å². The van der Waals surface area contributed by atoms with Crippen LogP contribution in [0.3, 0.4) is 0 Å². The lowest BCUT2D eigenvalue weighted by Crippen LogP contribution is -2.38. The second kappa shape index (κ2) is 9.48. The minimum Gasteiger partial charge on any atom is -0.351 e. The molecule has 1 aliphatic rings. The molecule has 0 radical (unpaired) electrons. The summed E-state index contributed by atoms with van der Waals surface area (Å²) in [5, 5.41) is 2.83. The molecule has 1 aromatic carbocycles. The Bertz CT molecular complexity index is 700. The molecule has 0 heterocycles. The fourth-order valence-electron chi connectivity index (χ4n) is 3.37. The molecular formula is C19H31N3O3S. The van der Waals surface area contributed by atoms with Gasteiger partial charge in [-0.2, -0.15) is 4.31 Å². The summed E-state index contributed by atoms with van der Waals surface area (Å²) in [4.78, 5) is 14.4. The molecule has 1 N–H and O–H groups in total. The van der Waals surface area contributed by atoms with Crippen molar-refractivity contribution in [1.29, 1.82) is 0 Å². The zero-order valence-corrected chi connectivity index (χ0v) is 16.9. The van der Waals surface area contributed by atoms with E-state index in [1.165, 1.54) is 44.7 Å². The van der Waals surface area contributed by atoms with Gasteiger partial charge in [0.25, 0.3) is 0 Å². The molecule has 0 bridgehead atoms. The molecule has 1 fully saturated rings. The summed E-state index contributed by atoms with van der Waals surface area (Å²) >= 11 is 0. The van der Waals surface area contributed by atoms with Crippen molar-refractivity contribution in [2.24, 2.45) is 0 Å². The quantitative estimate of drug-likeness (QED) is 0.747. The number of nitrogens with zero attached hydrogens (tertiary/aromatic N) is 2. The van der Waals surface area contributed by atoms with Crippen molar-refractivity contribution in [3.8, 4) is 0 Å². The van der Waals surface area contributed by atoms with Crippen LogP contribution in [0, 0.1) is 0 Å². The van der Waals surface area contributed by atoms with Crippen LogP contribution in [0.5, 0.6) is 0 Å². The fraction of sp³-hybridized carbons (Fsp3) is 0.632. The zero-order valence-electron chi connectivity index (χ0n) is 16.1. The van der Waals surface area contributed by atoms with Gasteiger partial charge in [-0.3, -0.25) is 9.69 Å². The van der Waals surface area contributed by atoms with Gasteiger partial charge in [-0.15, -0.1) is 0 Å². The normalized spacial score (nSPS) is 16.2. The number of likely N-dealkylation sites (N-methyl/N-ethyl adjacent to an activating group) is 1. The number of benzene rings is 1. The van der Waals surface area contributed by atoms with Gasteiger partial charge in [0.2, 0.25) is 15.9 Å². The van der Waals surface area contributed by atoms with Gasteiger partial charge in [0.1, 0.15) is 0 Å². The first-order valence-corrected chi connectivity index (χ1v) is 11.1. The summed E-state index contributed by atoms with van der Waals surface area (Å²) < 4.78 is 23.9. The lowest BCUT2D eigenvalue weighted by Gasteiger charge is -2.31. The summed E-state index contributed by atoms with van der Waals surface area (Å²) in [6, 6.07) is 8.74. The topological polar surface area (TPSA) is 69.7 Å². The van der Waals surface area contributed by atoms with Gasteiger partial charge < -0.3 is 5.32 Å². The molecule has 0 spiro atoms. The molecule has 146 valence electrons. The van der Waals surface area contributed by atoms with Crippen molar-refractivity contribution >= 4 is 15.9 Å². The number of hydrogen-bond donors (Lipinski definition) is 1. The Hall–Kier alpha value is -1.44. The van der Waals surface area contributed by atoms with Crippen molar-refractivity contribution in [2.45, 2.75) is 51.2 Å². The number of carbonyl (C=O) groups is 1. The third-order valence-corrected chi connectivity index (χ3v) is 6.41. The van der Waals surface area contributed by atoms with E-state index >= 15 is 0 Å². The summed E-state index contributed by atoms with van der Waals surface area (Å²) in [6.45, 7) is 1.11. The molecule has 0 unspecified atom stereocenters. The lowest BCUT2D eigenvalue weighted by molar-refractivity contribution is -0.121. The van der Waals surface area contributed by atoms with E-state index < -0.39 is 10.0 Å². The highest BCUT2D eigenvalue weighted by molar-refractivity contribution is 7.88. The van der Waals surface area contributed by atoms with E-state index in [0.717, 1.165) is 22.7 Å². The molecule has 7 heteroatoms. The molecular weight excluding hydrogens is 350 g/mol. The predicted octanol–water partition coefficient (Wildman–Crippen LogP) is 1.96. The molecule has 0 saturated heterocycles. The second-order valence-electron chi connectivity index (χ2n) is 7.27. The highest BCUT2D eigenvalue weighted by atomic mass is 32.2. The van der Waals surface area contributed by atoms with E-state index in [4.69, 9.17) is 0 Å². The van der Waals surface area contributed by atoms with Gasteiger partial charge in [-0.1, -0.05) is 43.5 Å². The maximum Gasteiger partial charge on any atom is 0.235 e. The number of sulfonamides is 1. The Morgan fingerprint density at radius 3 is 2.35 bits per heavy atom. The van der Waals surface area contributed by atoms with Crippen LogP contribution in [0.25, 0.3) is 0 Å². The highest BCUT2D eigenvalue weighted by Crippen LogP contribution is 2.23. The van der Waals surface area contributed by atoms with Crippen LogP contribution in [-0.4, -0.2) is 56.5 Å². The van der Waals surface area contributed by atoms with Gasteiger partial charge in [0, 0.05) is 26.2 Å². The minimum atomic E-state index is -3.35. The SMILES string of the molecule is CN(Cc1ccccc1CNC(=O)CN(C)S(C)(=O)=O)C1CCCCC1. The van der Waals surface area contributed by atoms with E-state index in [-0.39, 0.29) is 12.5 Å². The molecule has 1 amide bonds. The molecule has 1 aliphatic carbocycles. The first-order chi connectivity index (χ1) is 12.3. The van der Waals surface area contributed by atoms with Gasteiger partial charge in [0.05, 0.1) is 12.8 Å². The van der Waals surface area contributed by atoms with Crippen LogP contribution < -0.4 is 5.32 Å². The first-order valence-electron chi connectivity index (χ1n) is 9.22. The maximum absolute atomic E-state index is 12.0. The molecule has 1 aromatic rings. The van der Waals surface area contributed by atoms with E-state index in [1.54, 1.807) is 0 Å². The molecule has 1 saturated carbocycles. The minimum absolute atomic E-state index is 0.164. The average molecular weight is 382 g/mol. The van der Waals surface area contributed by atoms with Crippen LogP contribution in [-0.2, 0) is 27.9 Å². The van der Waals surface area contributed by atoms with Crippen LogP contribution in [0.4, 0.5) is 0 Å². The third kappa shape index (κ3) is 6.37. The maximum atomic E-state index is 12.0. The van der Waals surface area contributed by atoms with Gasteiger partial charge >= 0.3 is 0 Å². The van der Waals surface area contributed by atoms with Crippen LogP contribution in [0.15, 0.2) is 24.3 Å². The van der Waals surface area contributed by atoms with E-state index in [0.29, 0.717) is 12.6 Å². The Morgan fingerprint density at radius 2 is 1.73 bits per heavy atom. The smallest absolute Gasteiger partial charge is 0.235 e. The zero-order chi connectivity index (χ0) is 19.2. The van der Waals surface area contributed by atoms with E-state index in [2.05, 4.69) is 23.3 Å². The monoisotopic (exact) mass is 381 g/mol. The molecule has 0 aromatic heterocycles. The third-order valence-electron chi connectivity index (χ3n) is 5.14. The van der Waals surface area contributed by atoms with E-state index in [9.17, 15) is 13.2 Å².